The number of rotatable bonds is 9. The second-order valence-corrected chi connectivity index (χ2v) is 8.96. The van der Waals surface area contributed by atoms with Gasteiger partial charge in [0.1, 0.15) is 11.5 Å². The van der Waals surface area contributed by atoms with E-state index in [1.165, 1.54) is 11.8 Å². The summed E-state index contributed by atoms with van der Waals surface area (Å²) in [7, 11) is 3.25. The Labute approximate surface area is 205 Å². The Morgan fingerprint density at radius 1 is 1.03 bits per heavy atom. The van der Waals surface area contributed by atoms with Crippen LogP contribution in [0.2, 0.25) is 0 Å². The topological polar surface area (TPSA) is 90.6 Å². The third-order valence-electron chi connectivity index (χ3n) is 4.87. The van der Waals surface area contributed by atoms with Crippen molar-refractivity contribution in [1.29, 1.82) is 0 Å². The summed E-state index contributed by atoms with van der Waals surface area (Å²) in [6.07, 6.45) is 0. The molecule has 1 amide bonds. The first-order chi connectivity index (χ1) is 16.6. The molecule has 0 aliphatic rings. The lowest BCUT2D eigenvalue weighted by atomic mass is 10.2. The van der Waals surface area contributed by atoms with Gasteiger partial charge in [-0.1, -0.05) is 17.8 Å². The molecule has 2 heterocycles. The zero-order valence-electron chi connectivity index (χ0n) is 18.9. The molecular weight excluding hydrogens is 470 g/mol. The zero-order valence-corrected chi connectivity index (χ0v) is 20.5. The summed E-state index contributed by atoms with van der Waals surface area (Å²) >= 11 is 2.86. The van der Waals surface area contributed by atoms with Crippen molar-refractivity contribution in [3.8, 4) is 28.6 Å². The van der Waals surface area contributed by atoms with Gasteiger partial charge in [-0.2, -0.15) is 5.10 Å². The maximum atomic E-state index is 12.4. The van der Waals surface area contributed by atoms with E-state index in [2.05, 4.69) is 20.7 Å². The highest BCUT2D eigenvalue weighted by molar-refractivity contribution is 7.99. The van der Waals surface area contributed by atoms with Crippen LogP contribution in [0.1, 0.15) is 11.8 Å². The van der Waals surface area contributed by atoms with Gasteiger partial charge < -0.3 is 9.47 Å². The average Bonchev–Trinajstić information content (AvgIpc) is 3.57. The third-order valence-corrected chi connectivity index (χ3v) is 6.78. The van der Waals surface area contributed by atoms with Gasteiger partial charge in [-0.15, -0.1) is 21.5 Å². The van der Waals surface area contributed by atoms with E-state index in [0.29, 0.717) is 11.0 Å². The number of hydrogen-bond acceptors (Lipinski definition) is 8. The van der Waals surface area contributed by atoms with Crippen LogP contribution >= 0.6 is 23.1 Å². The first kappa shape index (κ1) is 23.5. The lowest BCUT2D eigenvalue weighted by Crippen LogP contribution is -2.21. The molecule has 2 aromatic heterocycles. The van der Waals surface area contributed by atoms with E-state index >= 15 is 0 Å². The number of ether oxygens (including phenoxy) is 2. The summed E-state index contributed by atoms with van der Waals surface area (Å²) in [6, 6.07) is 19.1. The molecule has 0 spiro atoms. The summed E-state index contributed by atoms with van der Waals surface area (Å²) in [5.41, 5.74) is 5.10. The van der Waals surface area contributed by atoms with E-state index in [1.54, 1.807) is 25.6 Å². The number of hydrogen-bond donors (Lipinski definition) is 1. The predicted molar refractivity (Wildman–Crippen MR) is 135 cm³/mol. The third kappa shape index (κ3) is 5.46. The van der Waals surface area contributed by atoms with E-state index < -0.39 is 0 Å². The number of carbonyl (C=O) groups excluding carboxylic acids is 1. The molecule has 0 bridgehead atoms. The molecule has 0 aliphatic carbocycles. The number of methoxy groups -OCH3 is 2. The second-order valence-electron chi connectivity index (χ2n) is 7.07. The molecule has 0 atom stereocenters. The lowest BCUT2D eigenvalue weighted by Gasteiger charge is -2.11. The number of benzene rings is 2. The Balaban J connectivity index is 1.56. The molecule has 4 rings (SSSR count). The van der Waals surface area contributed by atoms with Crippen LogP contribution in [0.3, 0.4) is 0 Å². The van der Waals surface area contributed by atoms with Gasteiger partial charge in [0, 0.05) is 16.1 Å². The van der Waals surface area contributed by atoms with Gasteiger partial charge in [-0.25, -0.2) is 5.43 Å². The molecule has 0 radical (unpaired) electrons. The summed E-state index contributed by atoms with van der Waals surface area (Å²) in [6.45, 7) is 1.86. The van der Waals surface area contributed by atoms with Gasteiger partial charge in [0.15, 0.2) is 11.0 Å². The van der Waals surface area contributed by atoms with Crippen molar-refractivity contribution >= 4 is 34.7 Å². The molecular formula is C24H23N5O3S2. The molecule has 0 fully saturated rings. The number of thioether (sulfide) groups is 1. The molecule has 8 nitrogen and oxygen atoms in total. The number of aromatic nitrogens is 3. The number of carbonyl (C=O) groups is 1. The Bertz CT molecular complexity index is 1270. The van der Waals surface area contributed by atoms with Crippen molar-refractivity contribution in [1.82, 2.24) is 20.2 Å². The quantitative estimate of drug-likeness (QED) is 0.207. The Kier molecular flexibility index (Phi) is 7.61. The van der Waals surface area contributed by atoms with E-state index in [4.69, 9.17) is 9.47 Å². The highest BCUT2D eigenvalue weighted by Crippen LogP contribution is 2.29. The van der Waals surface area contributed by atoms with E-state index in [0.717, 1.165) is 33.3 Å². The fourth-order valence-corrected chi connectivity index (χ4v) is 4.52. The standard InChI is InChI=1S/C24H23N5O3S2/c1-16(21-5-4-14-33-21)25-26-22(30)15-34-24-28-27-23(17-6-10-19(31-2)11-7-17)29(24)18-8-12-20(32-3)13-9-18/h4-14H,15H2,1-3H3,(H,26,30). The summed E-state index contributed by atoms with van der Waals surface area (Å²) in [4.78, 5) is 13.5. The van der Waals surface area contributed by atoms with Crippen LogP contribution in [0.15, 0.2) is 76.3 Å². The number of nitrogens with zero attached hydrogens (tertiary/aromatic N) is 4. The highest BCUT2D eigenvalue weighted by atomic mass is 32.2. The number of thiophene rings is 1. The van der Waals surface area contributed by atoms with E-state index in [9.17, 15) is 4.79 Å². The molecule has 4 aromatic rings. The number of amides is 1. The molecule has 2 aromatic carbocycles. The van der Waals surface area contributed by atoms with Gasteiger partial charge in [-0.05, 0) is 66.9 Å². The summed E-state index contributed by atoms with van der Waals surface area (Å²) in [5.74, 6) is 2.07. The van der Waals surface area contributed by atoms with Crippen LogP contribution in [0, 0.1) is 0 Å². The van der Waals surface area contributed by atoms with Crippen LogP contribution in [-0.4, -0.2) is 46.4 Å². The van der Waals surface area contributed by atoms with Crippen molar-refractivity contribution in [3.63, 3.8) is 0 Å². The van der Waals surface area contributed by atoms with Gasteiger partial charge in [0.05, 0.1) is 25.7 Å². The molecule has 10 heteroatoms. The van der Waals surface area contributed by atoms with Crippen molar-refractivity contribution in [3.05, 3.63) is 70.9 Å². The Morgan fingerprint density at radius 3 is 2.32 bits per heavy atom. The smallest absolute Gasteiger partial charge is 0.250 e. The normalized spacial score (nSPS) is 11.3. The van der Waals surface area contributed by atoms with Gasteiger partial charge in [0.25, 0.3) is 5.91 Å². The van der Waals surface area contributed by atoms with Crippen LogP contribution < -0.4 is 14.9 Å². The maximum absolute atomic E-state index is 12.4. The minimum absolute atomic E-state index is 0.137. The van der Waals surface area contributed by atoms with Crippen LogP contribution in [-0.2, 0) is 4.79 Å². The van der Waals surface area contributed by atoms with Crippen molar-refractivity contribution < 1.29 is 14.3 Å². The fraction of sp³-hybridized carbons (Fsp3) is 0.167. The Morgan fingerprint density at radius 2 is 1.71 bits per heavy atom. The molecule has 34 heavy (non-hydrogen) atoms. The second kappa shape index (κ2) is 11.0. The average molecular weight is 494 g/mol. The summed E-state index contributed by atoms with van der Waals surface area (Å²) in [5, 5.41) is 15.5. The van der Waals surface area contributed by atoms with Gasteiger partial charge >= 0.3 is 0 Å². The predicted octanol–water partition coefficient (Wildman–Crippen LogP) is 4.65. The van der Waals surface area contributed by atoms with Crippen LogP contribution in [0.25, 0.3) is 17.1 Å². The van der Waals surface area contributed by atoms with Crippen LogP contribution in [0.4, 0.5) is 0 Å². The SMILES string of the molecule is COc1ccc(-c2nnc(SCC(=O)NN=C(C)c3cccs3)n2-c2ccc(OC)cc2)cc1. The van der Waals surface area contributed by atoms with Crippen molar-refractivity contribution in [2.45, 2.75) is 12.1 Å². The molecule has 0 unspecified atom stereocenters. The molecule has 1 N–H and O–H groups in total. The van der Waals surface area contributed by atoms with Gasteiger partial charge in [-0.3, -0.25) is 9.36 Å². The number of hydrazone groups is 1. The summed E-state index contributed by atoms with van der Waals surface area (Å²) < 4.78 is 12.5. The minimum Gasteiger partial charge on any atom is -0.497 e. The first-order valence-corrected chi connectivity index (χ1v) is 12.2. The first-order valence-electron chi connectivity index (χ1n) is 10.3. The maximum Gasteiger partial charge on any atom is 0.250 e. The van der Waals surface area contributed by atoms with Crippen LogP contribution in [0.5, 0.6) is 11.5 Å². The molecule has 0 aliphatic heterocycles. The van der Waals surface area contributed by atoms with Crippen molar-refractivity contribution in [2.24, 2.45) is 5.10 Å². The molecule has 174 valence electrons. The monoisotopic (exact) mass is 493 g/mol. The lowest BCUT2D eigenvalue weighted by molar-refractivity contribution is -0.118. The highest BCUT2D eigenvalue weighted by Gasteiger charge is 2.17. The largest absolute Gasteiger partial charge is 0.497 e. The van der Waals surface area contributed by atoms with Crippen molar-refractivity contribution in [2.75, 3.05) is 20.0 Å². The fourth-order valence-electron chi connectivity index (χ4n) is 3.10. The van der Waals surface area contributed by atoms with E-state index in [1.807, 2.05) is 77.5 Å². The number of nitrogens with one attached hydrogen (secondary N) is 1. The molecule has 0 saturated heterocycles. The minimum atomic E-state index is -0.226. The zero-order chi connectivity index (χ0) is 23.9. The Hall–Kier alpha value is -3.63. The molecule has 0 saturated carbocycles. The van der Waals surface area contributed by atoms with E-state index in [-0.39, 0.29) is 11.7 Å². The van der Waals surface area contributed by atoms with Gasteiger partial charge in [0.2, 0.25) is 0 Å².